The Hall–Kier alpha value is -2.83. The lowest BCUT2D eigenvalue weighted by molar-refractivity contribution is 0.0944. The lowest BCUT2D eigenvalue weighted by Crippen LogP contribution is -2.33. The number of nitrogens with zero attached hydrogens (tertiary/aromatic N) is 2. The molecule has 0 aliphatic rings. The van der Waals surface area contributed by atoms with Gasteiger partial charge in [-0.05, 0) is 44.2 Å². The fraction of sp³-hybridized carbons (Fsp3) is 0.263. The molecule has 6 nitrogen and oxygen atoms in total. The number of carbonyl (C=O) groups excluding carboxylic acids is 1. The normalized spacial score (nSPS) is 12.6. The number of nitrogens with one attached hydrogen (secondary N) is 1. The zero-order valence-corrected chi connectivity index (χ0v) is 16.3. The summed E-state index contributed by atoms with van der Waals surface area (Å²) in [7, 11) is -2.24. The third-order valence-corrected chi connectivity index (χ3v) is 6.25. The molecule has 1 atom stereocenters. The van der Waals surface area contributed by atoms with Gasteiger partial charge in [0.25, 0.3) is 5.91 Å². The third-order valence-electron chi connectivity index (χ3n) is 4.20. The number of carbonyl (C=O) groups is 1. The van der Waals surface area contributed by atoms with Gasteiger partial charge < -0.3 is 5.32 Å². The van der Waals surface area contributed by atoms with Crippen LogP contribution >= 0.6 is 0 Å². The quantitative estimate of drug-likeness (QED) is 0.797. The number of benzene rings is 2. The lowest BCUT2D eigenvalue weighted by Gasteiger charge is -2.21. The van der Waals surface area contributed by atoms with Crippen molar-refractivity contribution in [3.63, 3.8) is 0 Å². The number of halogens is 2. The molecule has 1 unspecified atom stereocenters. The molecule has 148 valence electrons. The van der Waals surface area contributed by atoms with Crippen LogP contribution in [-0.2, 0) is 10.0 Å². The number of hydrogen-bond acceptors (Lipinski definition) is 4. The number of nitriles is 1. The summed E-state index contributed by atoms with van der Waals surface area (Å²) in [6.45, 7) is 3.46. The molecular formula is C19H19F2N3O3S. The molecule has 0 aromatic heterocycles. The molecule has 9 heteroatoms. The van der Waals surface area contributed by atoms with E-state index in [0.29, 0.717) is 6.07 Å². The highest BCUT2D eigenvalue weighted by Gasteiger charge is 2.24. The fourth-order valence-corrected chi connectivity index (χ4v) is 3.72. The molecule has 0 bridgehead atoms. The second kappa shape index (κ2) is 8.46. The van der Waals surface area contributed by atoms with Crippen molar-refractivity contribution in [3.05, 3.63) is 65.2 Å². The molecule has 0 fully saturated rings. The van der Waals surface area contributed by atoms with Gasteiger partial charge in [0.1, 0.15) is 17.7 Å². The van der Waals surface area contributed by atoms with Crippen LogP contribution in [0.5, 0.6) is 0 Å². The Morgan fingerprint density at radius 2 is 1.75 bits per heavy atom. The Bertz CT molecular complexity index is 1020. The van der Waals surface area contributed by atoms with Crippen molar-refractivity contribution >= 4 is 15.9 Å². The summed E-state index contributed by atoms with van der Waals surface area (Å²) in [4.78, 5) is 12.4. The maximum absolute atomic E-state index is 13.9. The predicted molar refractivity (Wildman–Crippen MR) is 98.7 cm³/mol. The molecule has 0 saturated carbocycles. The molecule has 0 heterocycles. The van der Waals surface area contributed by atoms with Crippen molar-refractivity contribution in [2.45, 2.75) is 30.8 Å². The summed E-state index contributed by atoms with van der Waals surface area (Å²) in [5, 5.41) is 11.6. The smallest absolute Gasteiger partial charge is 0.252 e. The highest BCUT2D eigenvalue weighted by Crippen LogP contribution is 2.20. The zero-order valence-electron chi connectivity index (χ0n) is 15.5. The van der Waals surface area contributed by atoms with Crippen LogP contribution in [0.3, 0.4) is 0 Å². The van der Waals surface area contributed by atoms with Crippen molar-refractivity contribution in [3.8, 4) is 6.07 Å². The number of hydrogen-bond donors (Lipinski definition) is 1. The molecule has 0 radical (unpaired) electrons. The Kier molecular flexibility index (Phi) is 6.48. The average Bonchev–Trinajstić information content (AvgIpc) is 2.65. The molecule has 28 heavy (non-hydrogen) atoms. The first-order valence-electron chi connectivity index (χ1n) is 8.31. The van der Waals surface area contributed by atoms with E-state index in [-0.39, 0.29) is 22.1 Å². The van der Waals surface area contributed by atoms with Gasteiger partial charge in [-0.25, -0.2) is 17.2 Å². The first-order chi connectivity index (χ1) is 13.1. The first-order valence-corrected chi connectivity index (χ1v) is 9.75. The van der Waals surface area contributed by atoms with Gasteiger partial charge >= 0.3 is 0 Å². The van der Waals surface area contributed by atoms with Crippen LogP contribution in [0.1, 0.15) is 35.8 Å². The Morgan fingerprint density at radius 3 is 2.25 bits per heavy atom. The third kappa shape index (κ3) is 4.52. The first kappa shape index (κ1) is 21.5. The van der Waals surface area contributed by atoms with Crippen LogP contribution in [0, 0.1) is 23.0 Å². The predicted octanol–water partition coefficient (Wildman–Crippen LogP) is 2.99. The number of rotatable bonds is 6. The van der Waals surface area contributed by atoms with E-state index in [2.05, 4.69) is 5.32 Å². The van der Waals surface area contributed by atoms with Crippen LogP contribution in [-0.4, -0.2) is 31.7 Å². The van der Waals surface area contributed by atoms with E-state index < -0.39 is 33.6 Å². The summed E-state index contributed by atoms with van der Waals surface area (Å²) in [6.07, 6.45) is 0. The fourth-order valence-electron chi connectivity index (χ4n) is 2.35. The largest absolute Gasteiger partial charge is 0.332 e. The van der Waals surface area contributed by atoms with E-state index in [1.165, 1.54) is 35.6 Å². The Balaban J connectivity index is 2.22. The standard InChI is InChI=1S/C19H19F2N3O3S/c1-12(2)24(3)28(26,27)15-7-4-13(5-8-15)19(25)23-18(11-22)16-9-6-14(20)10-17(16)21/h4-10,12,18H,1-3H3,(H,23,25). The molecule has 0 spiro atoms. The highest BCUT2D eigenvalue weighted by atomic mass is 32.2. The molecule has 1 amide bonds. The number of sulfonamides is 1. The summed E-state index contributed by atoms with van der Waals surface area (Å²) in [6, 6.07) is 8.02. The van der Waals surface area contributed by atoms with Crippen molar-refractivity contribution in [2.24, 2.45) is 0 Å². The van der Waals surface area contributed by atoms with Crippen LogP contribution in [0.15, 0.2) is 47.4 Å². The van der Waals surface area contributed by atoms with Crippen LogP contribution in [0.25, 0.3) is 0 Å². The minimum absolute atomic E-state index is 0.0154. The van der Waals surface area contributed by atoms with Crippen LogP contribution in [0.2, 0.25) is 0 Å². The second-order valence-corrected chi connectivity index (χ2v) is 8.34. The molecule has 0 aliphatic heterocycles. The van der Waals surface area contributed by atoms with Gasteiger partial charge in [-0.3, -0.25) is 4.79 Å². The van der Waals surface area contributed by atoms with E-state index in [9.17, 15) is 27.3 Å². The SMILES string of the molecule is CC(C)N(C)S(=O)(=O)c1ccc(C(=O)NC(C#N)c2ccc(F)cc2F)cc1. The Morgan fingerprint density at radius 1 is 1.14 bits per heavy atom. The van der Waals surface area contributed by atoms with Crippen molar-refractivity contribution in [2.75, 3.05) is 7.05 Å². The summed E-state index contributed by atoms with van der Waals surface area (Å²) >= 11 is 0. The van der Waals surface area contributed by atoms with Gasteiger partial charge in [0.05, 0.1) is 11.0 Å². The van der Waals surface area contributed by atoms with E-state index in [1.54, 1.807) is 19.9 Å². The van der Waals surface area contributed by atoms with E-state index in [4.69, 9.17) is 0 Å². The molecule has 2 rings (SSSR count). The van der Waals surface area contributed by atoms with Gasteiger partial charge in [-0.2, -0.15) is 9.57 Å². The molecule has 2 aromatic rings. The average molecular weight is 407 g/mol. The minimum atomic E-state index is -3.70. The van der Waals surface area contributed by atoms with Crippen molar-refractivity contribution in [1.29, 1.82) is 5.26 Å². The maximum atomic E-state index is 13.9. The maximum Gasteiger partial charge on any atom is 0.252 e. The van der Waals surface area contributed by atoms with Gasteiger partial charge in [0.15, 0.2) is 0 Å². The molecule has 0 saturated heterocycles. The van der Waals surface area contributed by atoms with Gasteiger partial charge in [0.2, 0.25) is 10.0 Å². The number of amides is 1. The van der Waals surface area contributed by atoms with E-state index >= 15 is 0 Å². The van der Waals surface area contributed by atoms with Crippen LogP contribution in [0.4, 0.5) is 8.78 Å². The minimum Gasteiger partial charge on any atom is -0.332 e. The molecule has 1 N–H and O–H groups in total. The molecule has 2 aromatic carbocycles. The van der Waals surface area contributed by atoms with Gasteiger partial charge in [-0.15, -0.1) is 0 Å². The summed E-state index contributed by atoms with van der Waals surface area (Å²) in [5.74, 6) is -2.45. The zero-order chi connectivity index (χ0) is 21.1. The van der Waals surface area contributed by atoms with Gasteiger partial charge in [-0.1, -0.05) is 6.07 Å². The van der Waals surface area contributed by atoms with Crippen molar-refractivity contribution < 1.29 is 22.0 Å². The topological polar surface area (TPSA) is 90.3 Å². The monoisotopic (exact) mass is 407 g/mol. The summed E-state index contributed by atoms with van der Waals surface area (Å²) in [5.41, 5.74) is -0.0797. The van der Waals surface area contributed by atoms with Gasteiger partial charge in [0, 0.05) is 30.3 Å². The molecule has 0 aliphatic carbocycles. The van der Waals surface area contributed by atoms with E-state index in [0.717, 1.165) is 12.1 Å². The second-order valence-electron chi connectivity index (χ2n) is 6.34. The van der Waals surface area contributed by atoms with E-state index in [1.807, 2.05) is 0 Å². The summed E-state index contributed by atoms with van der Waals surface area (Å²) < 4.78 is 52.9. The highest BCUT2D eigenvalue weighted by molar-refractivity contribution is 7.89. The van der Waals surface area contributed by atoms with Crippen LogP contribution < -0.4 is 5.32 Å². The Labute approximate surface area is 162 Å². The van der Waals surface area contributed by atoms with Crippen molar-refractivity contribution in [1.82, 2.24) is 9.62 Å². The molecular weight excluding hydrogens is 388 g/mol. The lowest BCUT2D eigenvalue weighted by atomic mass is 10.1.